The summed E-state index contributed by atoms with van der Waals surface area (Å²) in [6.45, 7) is 7.23. The van der Waals surface area contributed by atoms with Gasteiger partial charge in [0.25, 0.3) is 0 Å². The fourth-order valence-corrected chi connectivity index (χ4v) is 3.07. The quantitative estimate of drug-likeness (QED) is 0.306. The van der Waals surface area contributed by atoms with E-state index in [4.69, 9.17) is 4.74 Å². The van der Waals surface area contributed by atoms with Gasteiger partial charge in [0.2, 0.25) is 5.91 Å². The lowest BCUT2D eigenvalue weighted by Crippen LogP contribution is -2.11. The van der Waals surface area contributed by atoms with E-state index in [2.05, 4.69) is 26.1 Å². The van der Waals surface area contributed by atoms with Crippen molar-refractivity contribution in [2.75, 3.05) is 11.9 Å². The van der Waals surface area contributed by atoms with Crippen molar-refractivity contribution >= 4 is 11.6 Å². The highest BCUT2D eigenvalue weighted by molar-refractivity contribution is 5.90. The number of hydrogen-bond acceptors (Lipinski definition) is 2. The summed E-state index contributed by atoms with van der Waals surface area (Å²) in [5.41, 5.74) is 0.847. The van der Waals surface area contributed by atoms with Crippen molar-refractivity contribution < 1.29 is 9.53 Å². The minimum Gasteiger partial charge on any atom is -0.493 e. The van der Waals surface area contributed by atoms with E-state index in [1.165, 1.54) is 57.8 Å². The van der Waals surface area contributed by atoms with E-state index in [1.54, 1.807) is 0 Å². The van der Waals surface area contributed by atoms with Gasteiger partial charge in [-0.15, -0.1) is 0 Å². The van der Waals surface area contributed by atoms with E-state index < -0.39 is 0 Å². The van der Waals surface area contributed by atoms with E-state index in [-0.39, 0.29) is 5.91 Å². The minimum atomic E-state index is 0.113. The highest BCUT2D eigenvalue weighted by Crippen LogP contribution is 2.17. The Kier molecular flexibility index (Phi) is 13.5. The van der Waals surface area contributed by atoms with Crippen LogP contribution in [0.2, 0.25) is 0 Å². The van der Waals surface area contributed by atoms with Crippen molar-refractivity contribution in [1.29, 1.82) is 0 Å². The van der Waals surface area contributed by atoms with Crippen LogP contribution in [-0.4, -0.2) is 12.5 Å². The molecule has 1 rings (SSSR count). The van der Waals surface area contributed by atoms with Crippen LogP contribution in [0.5, 0.6) is 5.75 Å². The van der Waals surface area contributed by atoms with Gasteiger partial charge in [0.1, 0.15) is 5.75 Å². The summed E-state index contributed by atoms with van der Waals surface area (Å²) in [4.78, 5) is 12.0. The zero-order valence-corrected chi connectivity index (χ0v) is 17.9. The van der Waals surface area contributed by atoms with Gasteiger partial charge in [-0.1, -0.05) is 85.0 Å². The van der Waals surface area contributed by atoms with Crippen molar-refractivity contribution in [3.05, 3.63) is 24.3 Å². The van der Waals surface area contributed by atoms with Gasteiger partial charge in [0, 0.05) is 12.1 Å². The van der Waals surface area contributed by atoms with E-state index in [0.717, 1.165) is 24.3 Å². The molecular weight excluding hydrogens is 334 g/mol. The molecule has 0 heterocycles. The number of rotatable bonds is 16. The minimum absolute atomic E-state index is 0.113. The van der Waals surface area contributed by atoms with Crippen molar-refractivity contribution in [3.8, 4) is 5.75 Å². The van der Waals surface area contributed by atoms with Crippen LogP contribution in [0.3, 0.4) is 0 Å². The van der Waals surface area contributed by atoms with Gasteiger partial charge in [-0.3, -0.25) is 4.79 Å². The third-order valence-electron chi connectivity index (χ3n) is 4.73. The number of unbranched alkanes of at least 4 members (excludes halogenated alkanes) is 10. The van der Waals surface area contributed by atoms with Crippen LogP contribution in [0.4, 0.5) is 5.69 Å². The fraction of sp³-hybridized carbons (Fsp3) is 0.708. The molecule has 1 aromatic rings. The number of hydrogen-bond donors (Lipinski definition) is 1. The Morgan fingerprint density at radius 3 is 1.89 bits per heavy atom. The zero-order valence-electron chi connectivity index (χ0n) is 17.9. The molecule has 0 saturated heterocycles. The number of benzene rings is 1. The SMILES string of the molecule is CCCCCCCCCCCCCC(=O)Nc1ccc(OCC(C)C)cc1. The Balaban J connectivity index is 2.01. The summed E-state index contributed by atoms with van der Waals surface area (Å²) < 4.78 is 5.66. The molecule has 0 bridgehead atoms. The van der Waals surface area contributed by atoms with Crippen molar-refractivity contribution in [1.82, 2.24) is 0 Å². The van der Waals surface area contributed by atoms with Crippen LogP contribution in [-0.2, 0) is 4.79 Å². The molecule has 0 atom stereocenters. The van der Waals surface area contributed by atoms with E-state index in [0.29, 0.717) is 18.9 Å². The smallest absolute Gasteiger partial charge is 0.224 e. The molecule has 0 aliphatic heterocycles. The molecule has 3 heteroatoms. The fourth-order valence-electron chi connectivity index (χ4n) is 3.07. The first-order valence-electron chi connectivity index (χ1n) is 11.1. The van der Waals surface area contributed by atoms with Crippen molar-refractivity contribution in [3.63, 3.8) is 0 Å². The molecule has 1 amide bonds. The molecular formula is C24H41NO2. The van der Waals surface area contributed by atoms with Gasteiger partial charge in [-0.2, -0.15) is 0 Å². The van der Waals surface area contributed by atoms with Crippen LogP contribution < -0.4 is 10.1 Å². The lowest BCUT2D eigenvalue weighted by Gasteiger charge is -2.10. The molecule has 154 valence electrons. The molecule has 1 aromatic carbocycles. The second-order valence-corrected chi connectivity index (χ2v) is 8.06. The van der Waals surface area contributed by atoms with Crippen molar-refractivity contribution in [2.45, 2.75) is 97.8 Å². The lowest BCUT2D eigenvalue weighted by atomic mass is 10.1. The molecule has 3 nitrogen and oxygen atoms in total. The van der Waals surface area contributed by atoms with E-state index >= 15 is 0 Å². The largest absolute Gasteiger partial charge is 0.493 e. The number of nitrogens with one attached hydrogen (secondary N) is 1. The second-order valence-electron chi connectivity index (χ2n) is 8.06. The molecule has 0 aliphatic rings. The Labute approximate surface area is 167 Å². The summed E-state index contributed by atoms with van der Waals surface area (Å²) in [7, 11) is 0. The normalized spacial score (nSPS) is 11.0. The van der Waals surface area contributed by atoms with Crippen LogP contribution in [0.25, 0.3) is 0 Å². The van der Waals surface area contributed by atoms with Gasteiger partial charge in [0.15, 0.2) is 0 Å². The van der Waals surface area contributed by atoms with Gasteiger partial charge in [0.05, 0.1) is 6.61 Å². The maximum atomic E-state index is 12.0. The molecule has 1 N–H and O–H groups in total. The first-order valence-corrected chi connectivity index (χ1v) is 11.1. The van der Waals surface area contributed by atoms with Crippen molar-refractivity contribution in [2.24, 2.45) is 5.92 Å². The van der Waals surface area contributed by atoms with E-state index in [9.17, 15) is 4.79 Å². The maximum Gasteiger partial charge on any atom is 0.224 e. The monoisotopic (exact) mass is 375 g/mol. The predicted octanol–water partition coefficient (Wildman–Crippen LogP) is 7.36. The third kappa shape index (κ3) is 13.3. The number of amides is 1. The first kappa shape index (κ1) is 23.5. The third-order valence-corrected chi connectivity index (χ3v) is 4.73. The first-order chi connectivity index (χ1) is 13.1. The average Bonchev–Trinajstić information content (AvgIpc) is 2.65. The highest BCUT2D eigenvalue weighted by Gasteiger charge is 2.03. The van der Waals surface area contributed by atoms with Gasteiger partial charge >= 0.3 is 0 Å². The standard InChI is InChI=1S/C24H41NO2/c1-4-5-6-7-8-9-10-11-12-13-14-15-24(26)25-22-16-18-23(19-17-22)27-20-21(2)3/h16-19,21H,4-15,20H2,1-3H3,(H,25,26). The second kappa shape index (κ2) is 15.5. The number of carbonyl (C=O) groups is 1. The van der Waals surface area contributed by atoms with Gasteiger partial charge in [-0.25, -0.2) is 0 Å². The van der Waals surface area contributed by atoms with Crippen LogP contribution in [0.15, 0.2) is 24.3 Å². The molecule has 0 saturated carbocycles. The molecule has 0 aromatic heterocycles. The van der Waals surface area contributed by atoms with Crippen LogP contribution >= 0.6 is 0 Å². The summed E-state index contributed by atoms with van der Waals surface area (Å²) >= 11 is 0. The topological polar surface area (TPSA) is 38.3 Å². The molecule has 0 aliphatic carbocycles. The lowest BCUT2D eigenvalue weighted by molar-refractivity contribution is -0.116. The average molecular weight is 376 g/mol. The number of anilines is 1. The molecule has 27 heavy (non-hydrogen) atoms. The number of ether oxygens (including phenoxy) is 1. The maximum absolute atomic E-state index is 12.0. The molecule has 0 fully saturated rings. The highest BCUT2D eigenvalue weighted by atomic mass is 16.5. The predicted molar refractivity (Wildman–Crippen MR) is 116 cm³/mol. The number of carbonyl (C=O) groups excluding carboxylic acids is 1. The van der Waals surface area contributed by atoms with Gasteiger partial charge < -0.3 is 10.1 Å². The summed E-state index contributed by atoms with van der Waals surface area (Å²) in [5.74, 6) is 1.48. The van der Waals surface area contributed by atoms with Crippen LogP contribution in [0, 0.1) is 5.92 Å². The molecule has 0 radical (unpaired) electrons. The molecule has 0 spiro atoms. The Morgan fingerprint density at radius 2 is 1.37 bits per heavy atom. The van der Waals surface area contributed by atoms with E-state index in [1.807, 2.05) is 24.3 Å². The Hall–Kier alpha value is -1.51. The summed E-state index contributed by atoms with van der Waals surface area (Å²) in [6, 6.07) is 7.66. The van der Waals surface area contributed by atoms with Gasteiger partial charge in [-0.05, 0) is 36.6 Å². The molecule has 0 unspecified atom stereocenters. The Bertz CT molecular complexity index is 482. The van der Waals surface area contributed by atoms with Crippen LogP contribution in [0.1, 0.15) is 97.8 Å². The summed E-state index contributed by atoms with van der Waals surface area (Å²) in [6.07, 6.45) is 15.0. The Morgan fingerprint density at radius 1 is 0.852 bits per heavy atom. The zero-order chi connectivity index (χ0) is 19.7. The summed E-state index contributed by atoms with van der Waals surface area (Å²) in [5, 5.41) is 2.98.